The Hall–Kier alpha value is -1.69. The van der Waals surface area contributed by atoms with Crippen molar-refractivity contribution in [3.63, 3.8) is 0 Å². The number of ether oxygens (including phenoxy) is 1. The molecule has 0 saturated heterocycles. The van der Waals surface area contributed by atoms with Gasteiger partial charge in [0.2, 0.25) is 0 Å². The Morgan fingerprint density at radius 3 is 2.59 bits per heavy atom. The topological polar surface area (TPSA) is 33.0 Å². The number of nitrogens with zero attached hydrogens (tertiary/aromatic N) is 1. The zero-order chi connectivity index (χ0) is 15.9. The van der Waals surface area contributed by atoms with Gasteiger partial charge in [0, 0.05) is 5.02 Å². The van der Waals surface area contributed by atoms with E-state index in [1.165, 1.54) is 0 Å². The molecule has 0 aromatic heterocycles. The third kappa shape index (κ3) is 4.40. The molecule has 0 amide bonds. The number of benzene rings is 2. The van der Waals surface area contributed by atoms with Crippen molar-refractivity contribution in [1.82, 2.24) is 0 Å². The maximum Gasteiger partial charge on any atom is 0.146 e. The molecule has 22 heavy (non-hydrogen) atoms. The van der Waals surface area contributed by atoms with Crippen LogP contribution < -0.4 is 4.74 Å². The molecule has 4 heteroatoms. The molecular weight excluding hydrogens is 317 g/mol. The van der Waals surface area contributed by atoms with E-state index in [4.69, 9.17) is 27.9 Å². The van der Waals surface area contributed by atoms with Crippen molar-refractivity contribution in [1.29, 1.82) is 5.26 Å². The molecule has 0 aliphatic heterocycles. The van der Waals surface area contributed by atoms with E-state index < -0.39 is 0 Å². The van der Waals surface area contributed by atoms with Crippen molar-refractivity contribution in [3.8, 4) is 17.6 Å². The van der Waals surface area contributed by atoms with E-state index >= 15 is 0 Å². The van der Waals surface area contributed by atoms with Crippen LogP contribution in [0.1, 0.15) is 37.3 Å². The number of hydrogen-bond acceptors (Lipinski definition) is 2. The van der Waals surface area contributed by atoms with Crippen LogP contribution in [0.2, 0.25) is 10.0 Å². The summed E-state index contributed by atoms with van der Waals surface area (Å²) in [6, 6.07) is 12.8. The van der Waals surface area contributed by atoms with Gasteiger partial charge in [-0.05, 0) is 54.8 Å². The fourth-order valence-corrected chi connectivity index (χ4v) is 2.65. The van der Waals surface area contributed by atoms with Crippen LogP contribution in [-0.4, -0.2) is 0 Å². The third-order valence-electron chi connectivity index (χ3n) is 3.37. The average molecular weight is 334 g/mol. The summed E-state index contributed by atoms with van der Waals surface area (Å²) in [5.74, 6) is 1.23. The number of unbranched alkanes of at least 4 members (excludes halogenated alkanes) is 2. The summed E-state index contributed by atoms with van der Waals surface area (Å²) >= 11 is 12.0. The van der Waals surface area contributed by atoms with Gasteiger partial charge in [-0.2, -0.15) is 5.26 Å². The number of nitriles is 1. The molecule has 0 fully saturated rings. The van der Waals surface area contributed by atoms with Crippen LogP contribution in [0.4, 0.5) is 0 Å². The van der Waals surface area contributed by atoms with Crippen LogP contribution in [0, 0.1) is 11.3 Å². The Morgan fingerprint density at radius 2 is 1.91 bits per heavy atom. The summed E-state index contributed by atoms with van der Waals surface area (Å²) in [6.07, 6.45) is 4.25. The first-order chi connectivity index (χ1) is 10.6. The molecule has 0 heterocycles. The van der Waals surface area contributed by atoms with Gasteiger partial charge >= 0.3 is 0 Å². The molecule has 0 aliphatic carbocycles. The number of halogens is 2. The van der Waals surface area contributed by atoms with Crippen molar-refractivity contribution in [2.75, 3.05) is 0 Å². The number of rotatable bonds is 6. The van der Waals surface area contributed by atoms with E-state index in [-0.39, 0.29) is 0 Å². The lowest BCUT2D eigenvalue weighted by molar-refractivity contribution is 0.482. The predicted octanol–water partition coefficient (Wildman–Crippen LogP) is 6.39. The lowest BCUT2D eigenvalue weighted by Gasteiger charge is -2.10. The molecule has 0 saturated carbocycles. The minimum absolute atomic E-state index is 0.462. The normalized spacial score (nSPS) is 10.3. The fraction of sp³-hybridized carbons (Fsp3) is 0.278. The summed E-state index contributed by atoms with van der Waals surface area (Å²) in [5.41, 5.74) is 1.71. The highest BCUT2D eigenvalue weighted by Crippen LogP contribution is 2.32. The number of hydrogen-bond donors (Lipinski definition) is 0. The SMILES string of the molecule is CCCCCc1cc(Oc2ccc(Cl)cc2Cl)ccc1C#N. The smallest absolute Gasteiger partial charge is 0.146 e. The second kappa shape index (κ2) is 8.08. The van der Waals surface area contributed by atoms with Crippen molar-refractivity contribution in [2.45, 2.75) is 32.6 Å². The monoisotopic (exact) mass is 333 g/mol. The summed E-state index contributed by atoms with van der Waals surface area (Å²) in [5, 5.41) is 10.2. The Kier molecular flexibility index (Phi) is 6.12. The highest BCUT2D eigenvalue weighted by Gasteiger charge is 2.08. The van der Waals surface area contributed by atoms with Crippen molar-refractivity contribution < 1.29 is 4.74 Å². The van der Waals surface area contributed by atoms with Crippen LogP contribution in [0.5, 0.6) is 11.5 Å². The molecule has 0 radical (unpaired) electrons. The van der Waals surface area contributed by atoms with Crippen LogP contribution >= 0.6 is 23.2 Å². The molecule has 0 bridgehead atoms. The van der Waals surface area contributed by atoms with Crippen molar-refractivity contribution in [3.05, 3.63) is 57.6 Å². The summed E-state index contributed by atoms with van der Waals surface area (Å²) in [6.45, 7) is 2.16. The van der Waals surface area contributed by atoms with Gasteiger partial charge in [0.05, 0.1) is 16.7 Å². The first kappa shape index (κ1) is 16.7. The van der Waals surface area contributed by atoms with Gasteiger partial charge in [-0.25, -0.2) is 0 Å². The molecule has 2 aromatic carbocycles. The van der Waals surface area contributed by atoms with Gasteiger partial charge < -0.3 is 4.74 Å². The molecule has 2 rings (SSSR count). The van der Waals surface area contributed by atoms with E-state index in [0.29, 0.717) is 27.1 Å². The summed E-state index contributed by atoms with van der Waals surface area (Å²) in [4.78, 5) is 0. The largest absolute Gasteiger partial charge is 0.456 e. The van der Waals surface area contributed by atoms with Gasteiger partial charge in [-0.1, -0.05) is 43.0 Å². The van der Waals surface area contributed by atoms with Gasteiger partial charge in [-0.15, -0.1) is 0 Å². The molecule has 0 N–H and O–H groups in total. The summed E-state index contributed by atoms with van der Waals surface area (Å²) in [7, 11) is 0. The minimum Gasteiger partial charge on any atom is -0.456 e. The Morgan fingerprint density at radius 1 is 1.09 bits per heavy atom. The number of aryl methyl sites for hydroxylation is 1. The van der Waals surface area contributed by atoms with E-state index in [1.807, 2.05) is 6.07 Å². The first-order valence-electron chi connectivity index (χ1n) is 7.30. The maximum absolute atomic E-state index is 9.20. The molecule has 0 spiro atoms. The van der Waals surface area contributed by atoms with Gasteiger partial charge in [0.15, 0.2) is 0 Å². The molecule has 0 aliphatic rings. The quantitative estimate of drug-likeness (QED) is 0.573. The van der Waals surface area contributed by atoms with E-state index in [9.17, 15) is 5.26 Å². The van der Waals surface area contributed by atoms with Gasteiger partial charge in [0.25, 0.3) is 0 Å². The summed E-state index contributed by atoms with van der Waals surface area (Å²) < 4.78 is 5.81. The molecule has 2 aromatic rings. The standard InChI is InChI=1S/C18H17Cl2NO/c1-2-3-4-5-13-10-16(8-6-14(13)12-21)22-18-9-7-15(19)11-17(18)20/h6-11H,2-5H2,1H3. The lowest BCUT2D eigenvalue weighted by atomic mass is 10.0. The van der Waals surface area contributed by atoms with Crippen LogP contribution in [0.15, 0.2) is 36.4 Å². The zero-order valence-electron chi connectivity index (χ0n) is 12.4. The van der Waals surface area contributed by atoms with E-state index in [2.05, 4.69) is 13.0 Å². The Balaban J connectivity index is 2.20. The second-order valence-corrected chi connectivity index (χ2v) is 5.91. The van der Waals surface area contributed by atoms with Crippen molar-refractivity contribution >= 4 is 23.2 Å². The van der Waals surface area contributed by atoms with E-state index in [1.54, 1.807) is 30.3 Å². The third-order valence-corrected chi connectivity index (χ3v) is 3.90. The van der Waals surface area contributed by atoms with Gasteiger partial charge in [0.1, 0.15) is 11.5 Å². The molecular formula is C18H17Cl2NO. The molecule has 114 valence electrons. The molecule has 0 unspecified atom stereocenters. The highest BCUT2D eigenvalue weighted by atomic mass is 35.5. The van der Waals surface area contributed by atoms with E-state index in [0.717, 1.165) is 31.2 Å². The fourth-order valence-electron chi connectivity index (χ4n) is 2.20. The second-order valence-electron chi connectivity index (χ2n) is 5.06. The Labute approximate surface area is 141 Å². The first-order valence-corrected chi connectivity index (χ1v) is 8.05. The molecule has 0 atom stereocenters. The van der Waals surface area contributed by atoms with Crippen LogP contribution in [-0.2, 0) is 6.42 Å². The zero-order valence-corrected chi connectivity index (χ0v) is 13.9. The lowest BCUT2D eigenvalue weighted by Crippen LogP contribution is -1.93. The average Bonchev–Trinajstić information content (AvgIpc) is 2.51. The highest BCUT2D eigenvalue weighted by molar-refractivity contribution is 6.35. The van der Waals surface area contributed by atoms with Crippen LogP contribution in [0.3, 0.4) is 0 Å². The Bertz CT molecular complexity index is 692. The van der Waals surface area contributed by atoms with Crippen molar-refractivity contribution in [2.24, 2.45) is 0 Å². The van der Waals surface area contributed by atoms with Crippen LogP contribution in [0.25, 0.3) is 0 Å². The minimum atomic E-state index is 0.462. The predicted molar refractivity (Wildman–Crippen MR) is 90.9 cm³/mol. The molecule has 2 nitrogen and oxygen atoms in total. The van der Waals surface area contributed by atoms with Gasteiger partial charge in [-0.3, -0.25) is 0 Å². The maximum atomic E-state index is 9.20.